The third-order valence-electron chi connectivity index (χ3n) is 5.71. The first-order valence-electron chi connectivity index (χ1n) is 10.7. The van der Waals surface area contributed by atoms with Crippen LogP contribution in [0.2, 0.25) is 0 Å². The van der Waals surface area contributed by atoms with Crippen LogP contribution in [-0.2, 0) is 6.61 Å². The van der Waals surface area contributed by atoms with Gasteiger partial charge in [0.2, 0.25) is 0 Å². The van der Waals surface area contributed by atoms with Crippen molar-refractivity contribution in [3.63, 3.8) is 0 Å². The minimum absolute atomic E-state index is 0.0717. The van der Waals surface area contributed by atoms with E-state index in [9.17, 15) is 4.79 Å². The Labute approximate surface area is 177 Å². The van der Waals surface area contributed by atoms with Gasteiger partial charge in [-0.3, -0.25) is 4.79 Å². The minimum atomic E-state index is -0.0717. The number of ether oxygens (including phenoxy) is 1. The zero-order valence-corrected chi connectivity index (χ0v) is 17.2. The molecule has 1 saturated heterocycles. The SMILES string of the molecule is O=C(NC[C@@H](c1ccco1)[NH+]1CCCCC1)c1ccc(OCc2ccccc2)cc1. The van der Waals surface area contributed by atoms with E-state index in [0.717, 1.165) is 30.2 Å². The number of hydrogen-bond donors (Lipinski definition) is 2. The molecule has 0 aliphatic carbocycles. The topological polar surface area (TPSA) is 55.9 Å². The highest BCUT2D eigenvalue weighted by molar-refractivity contribution is 5.94. The van der Waals surface area contributed by atoms with E-state index in [4.69, 9.17) is 9.15 Å². The molecule has 1 fully saturated rings. The number of amides is 1. The number of likely N-dealkylation sites (tertiary alicyclic amines) is 1. The molecule has 0 spiro atoms. The average Bonchev–Trinajstić information content (AvgIpc) is 3.34. The quantitative estimate of drug-likeness (QED) is 0.604. The highest BCUT2D eigenvalue weighted by atomic mass is 16.5. The van der Waals surface area contributed by atoms with E-state index < -0.39 is 0 Å². The van der Waals surface area contributed by atoms with Gasteiger partial charge in [-0.25, -0.2) is 0 Å². The van der Waals surface area contributed by atoms with E-state index in [1.165, 1.54) is 24.2 Å². The van der Waals surface area contributed by atoms with E-state index in [1.54, 1.807) is 6.26 Å². The van der Waals surface area contributed by atoms with Crippen LogP contribution in [0.1, 0.15) is 47.0 Å². The van der Waals surface area contributed by atoms with Gasteiger partial charge in [0.05, 0.1) is 25.9 Å². The van der Waals surface area contributed by atoms with Crippen molar-refractivity contribution in [3.05, 3.63) is 89.9 Å². The molecule has 0 radical (unpaired) electrons. The van der Waals surface area contributed by atoms with Crippen molar-refractivity contribution in [1.29, 1.82) is 0 Å². The Morgan fingerprint density at radius 3 is 2.43 bits per heavy atom. The van der Waals surface area contributed by atoms with E-state index in [1.807, 2.05) is 66.7 Å². The van der Waals surface area contributed by atoms with Crippen molar-refractivity contribution >= 4 is 5.91 Å². The summed E-state index contributed by atoms with van der Waals surface area (Å²) < 4.78 is 11.5. The number of furan rings is 1. The summed E-state index contributed by atoms with van der Waals surface area (Å²) in [6.45, 7) is 3.31. The van der Waals surface area contributed by atoms with Gasteiger partial charge in [-0.15, -0.1) is 0 Å². The predicted molar refractivity (Wildman–Crippen MR) is 116 cm³/mol. The molecule has 1 aliphatic heterocycles. The summed E-state index contributed by atoms with van der Waals surface area (Å²) in [5.74, 6) is 1.62. The lowest BCUT2D eigenvalue weighted by atomic mass is 10.1. The predicted octanol–water partition coefficient (Wildman–Crippen LogP) is 3.40. The first-order valence-corrected chi connectivity index (χ1v) is 10.7. The molecule has 1 aromatic heterocycles. The summed E-state index contributed by atoms with van der Waals surface area (Å²) in [5.41, 5.74) is 1.75. The fourth-order valence-corrected chi connectivity index (χ4v) is 4.03. The van der Waals surface area contributed by atoms with Gasteiger partial charge in [0.25, 0.3) is 5.91 Å². The lowest BCUT2D eigenvalue weighted by Gasteiger charge is -2.30. The second-order valence-electron chi connectivity index (χ2n) is 7.80. The number of carbonyl (C=O) groups excluding carboxylic acids is 1. The van der Waals surface area contributed by atoms with E-state index >= 15 is 0 Å². The molecule has 5 heteroatoms. The normalized spacial score (nSPS) is 15.5. The molecule has 0 unspecified atom stereocenters. The second kappa shape index (κ2) is 10.1. The fourth-order valence-electron chi connectivity index (χ4n) is 4.03. The number of benzene rings is 2. The van der Waals surface area contributed by atoms with E-state index in [-0.39, 0.29) is 11.9 Å². The molecule has 156 valence electrons. The van der Waals surface area contributed by atoms with Crippen LogP contribution in [0.5, 0.6) is 5.75 Å². The molecule has 2 N–H and O–H groups in total. The Hall–Kier alpha value is -3.05. The molecular formula is C25H29N2O3+. The van der Waals surface area contributed by atoms with Gasteiger partial charge in [-0.2, -0.15) is 0 Å². The Morgan fingerprint density at radius 2 is 1.73 bits per heavy atom. The van der Waals surface area contributed by atoms with Gasteiger partial charge in [0.1, 0.15) is 12.4 Å². The number of piperidine rings is 1. The molecular weight excluding hydrogens is 376 g/mol. The van der Waals surface area contributed by atoms with Crippen LogP contribution in [-0.4, -0.2) is 25.5 Å². The molecule has 1 amide bonds. The Morgan fingerprint density at radius 1 is 0.967 bits per heavy atom. The summed E-state index contributed by atoms with van der Waals surface area (Å²) in [7, 11) is 0. The third kappa shape index (κ3) is 5.30. The molecule has 2 aromatic carbocycles. The fraction of sp³-hybridized carbons (Fsp3) is 0.320. The first-order chi connectivity index (χ1) is 14.8. The van der Waals surface area contributed by atoms with Gasteiger partial charge in [-0.1, -0.05) is 30.3 Å². The van der Waals surface area contributed by atoms with Crippen molar-refractivity contribution in [1.82, 2.24) is 5.32 Å². The summed E-state index contributed by atoms with van der Waals surface area (Å²) in [6, 6.07) is 21.4. The smallest absolute Gasteiger partial charge is 0.251 e. The van der Waals surface area contributed by atoms with Crippen LogP contribution in [0.4, 0.5) is 0 Å². The Bertz CT molecular complexity index is 901. The van der Waals surface area contributed by atoms with Gasteiger partial charge in [0, 0.05) is 5.56 Å². The lowest BCUT2D eigenvalue weighted by Crippen LogP contribution is -3.13. The molecule has 3 aromatic rings. The number of nitrogens with one attached hydrogen (secondary N) is 2. The number of hydrogen-bond acceptors (Lipinski definition) is 3. The Balaban J connectivity index is 1.33. The largest absolute Gasteiger partial charge is 0.489 e. The van der Waals surface area contributed by atoms with Gasteiger partial charge in [-0.05, 0) is 61.2 Å². The maximum absolute atomic E-state index is 12.7. The van der Waals surface area contributed by atoms with Crippen LogP contribution in [0.15, 0.2) is 77.4 Å². The van der Waals surface area contributed by atoms with Crippen molar-refractivity contribution in [2.45, 2.75) is 31.9 Å². The van der Waals surface area contributed by atoms with Gasteiger partial charge in [0.15, 0.2) is 11.8 Å². The van der Waals surface area contributed by atoms with Gasteiger partial charge < -0.3 is 19.4 Å². The summed E-state index contributed by atoms with van der Waals surface area (Å²) in [4.78, 5) is 14.2. The number of rotatable bonds is 8. The lowest BCUT2D eigenvalue weighted by molar-refractivity contribution is -0.936. The van der Waals surface area contributed by atoms with Crippen molar-refractivity contribution in [2.75, 3.05) is 19.6 Å². The molecule has 2 heterocycles. The monoisotopic (exact) mass is 405 g/mol. The average molecular weight is 406 g/mol. The molecule has 0 bridgehead atoms. The Kier molecular flexibility index (Phi) is 6.83. The zero-order valence-electron chi connectivity index (χ0n) is 17.2. The molecule has 1 atom stereocenters. The first kappa shape index (κ1) is 20.2. The van der Waals surface area contributed by atoms with Gasteiger partial charge >= 0.3 is 0 Å². The van der Waals surface area contributed by atoms with Crippen LogP contribution >= 0.6 is 0 Å². The maximum atomic E-state index is 12.7. The highest BCUT2D eigenvalue weighted by Gasteiger charge is 2.28. The van der Waals surface area contributed by atoms with Crippen molar-refractivity contribution < 1.29 is 18.8 Å². The second-order valence-corrected chi connectivity index (χ2v) is 7.80. The summed E-state index contributed by atoms with van der Waals surface area (Å²) in [6.07, 6.45) is 5.46. The summed E-state index contributed by atoms with van der Waals surface area (Å²) in [5, 5.41) is 3.10. The minimum Gasteiger partial charge on any atom is -0.489 e. The summed E-state index contributed by atoms with van der Waals surface area (Å²) >= 11 is 0. The van der Waals surface area contributed by atoms with Crippen molar-refractivity contribution in [3.8, 4) is 5.75 Å². The molecule has 5 nitrogen and oxygen atoms in total. The van der Waals surface area contributed by atoms with Crippen LogP contribution in [0, 0.1) is 0 Å². The standard InChI is InChI=1S/C25H28N2O3/c28-25(21-11-13-22(14-12-21)30-19-20-8-3-1-4-9-20)26-18-23(24-10-7-17-29-24)27-15-5-2-6-16-27/h1,3-4,7-14,17,23H,2,5-6,15-16,18-19H2,(H,26,28)/p+1/t23-/m0/s1. The van der Waals surface area contributed by atoms with E-state index in [0.29, 0.717) is 18.7 Å². The van der Waals surface area contributed by atoms with Crippen LogP contribution in [0.25, 0.3) is 0 Å². The molecule has 4 rings (SSSR count). The molecule has 30 heavy (non-hydrogen) atoms. The highest BCUT2D eigenvalue weighted by Crippen LogP contribution is 2.15. The van der Waals surface area contributed by atoms with Crippen LogP contribution < -0.4 is 15.0 Å². The maximum Gasteiger partial charge on any atom is 0.251 e. The number of carbonyl (C=O) groups is 1. The molecule has 0 saturated carbocycles. The zero-order chi connectivity index (χ0) is 20.6. The molecule has 1 aliphatic rings. The third-order valence-corrected chi connectivity index (χ3v) is 5.71. The van der Waals surface area contributed by atoms with E-state index in [2.05, 4.69) is 5.32 Å². The number of quaternary nitrogens is 1. The van der Waals surface area contributed by atoms with Crippen LogP contribution in [0.3, 0.4) is 0 Å². The van der Waals surface area contributed by atoms with Crippen molar-refractivity contribution in [2.24, 2.45) is 0 Å².